The van der Waals surface area contributed by atoms with Gasteiger partial charge in [-0.3, -0.25) is 4.99 Å². The van der Waals surface area contributed by atoms with Gasteiger partial charge in [0.15, 0.2) is 5.96 Å². The molecule has 0 aromatic rings. The summed E-state index contributed by atoms with van der Waals surface area (Å²) in [5.74, 6) is 1.14. The maximum Gasteiger partial charge on any atom is 0.188 e. The first-order valence-electron chi connectivity index (χ1n) is 7.38. The molecule has 0 bridgehead atoms. The first kappa shape index (κ1) is 13.2. The van der Waals surface area contributed by atoms with Crippen molar-refractivity contribution in [3.63, 3.8) is 0 Å². The second-order valence-corrected chi connectivity index (χ2v) is 6.55. The molecule has 2 heterocycles. The average Bonchev–Trinajstić information content (AvgIpc) is 3.03. The van der Waals surface area contributed by atoms with Crippen LogP contribution in [0.5, 0.6) is 0 Å². The highest BCUT2D eigenvalue weighted by molar-refractivity contribution is 5.78. The number of nitrogens with zero attached hydrogens (tertiary/aromatic N) is 1. The number of aliphatic imine (C=N–C) groups is 1. The Balaban J connectivity index is 1.54. The van der Waals surface area contributed by atoms with Gasteiger partial charge >= 0.3 is 0 Å². The van der Waals surface area contributed by atoms with Crippen molar-refractivity contribution in [2.24, 2.45) is 22.1 Å². The maximum absolute atomic E-state index is 6.01. The standard InChI is InChI=1S/C14H25N3O2/c1-14(2)11(10-5-7-19-12(10)14)17-13(15)16-8-9-4-3-6-18-9/h9-12H,3-8H2,1-2H3,(H3,15,16,17). The Morgan fingerprint density at radius 2 is 2.16 bits per heavy atom. The highest BCUT2D eigenvalue weighted by Crippen LogP contribution is 2.51. The molecule has 1 aliphatic carbocycles. The number of guanidine groups is 1. The molecule has 108 valence electrons. The maximum atomic E-state index is 6.01. The molecule has 3 rings (SSSR count). The van der Waals surface area contributed by atoms with Crippen molar-refractivity contribution in [2.75, 3.05) is 19.8 Å². The van der Waals surface area contributed by atoms with Crippen LogP contribution in [0.2, 0.25) is 0 Å². The molecule has 3 aliphatic rings. The van der Waals surface area contributed by atoms with E-state index in [2.05, 4.69) is 24.2 Å². The summed E-state index contributed by atoms with van der Waals surface area (Å²) in [4.78, 5) is 4.43. The Morgan fingerprint density at radius 3 is 2.89 bits per heavy atom. The minimum absolute atomic E-state index is 0.144. The molecule has 3 fully saturated rings. The monoisotopic (exact) mass is 267 g/mol. The van der Waals surface area contributed by atoms with Gasteiger partial charge in [-0.15, -0.1) is 0 Å². The van der Waals surface area contributed by atoms with E-state index < -0.39 is 0 Å². The Labute approximate surface area is 114 Å². The van der Waals surface area contributed by atoms with Gasteiger partial charge in [0.25, 0.3) is 0 Å². The molecule has 3 N–H and O–H groups in total. The van der Waals surface area contributed by atoms with Gasteiger partial charge in [-0.05, 0) is 19.3 Å². The first-order chi connectivity index (χ1) is 9.09. The number of ether oxygens (including phenoxy) is 2. The van der Waals surface area contributed by atoms with E-state index in [-0.39, 0.29) is 11.5 Å². The quantitative estimate of drug-likeness (QED) is 0.588. The molecule has 4 atom stereocenters. The molecule has 5 heteroatoms. The zero-order valence-corrected chi connectivity index (χ0v) is 11.9. The highest BCUT2D eigenvalue weighted by Gasteiger charge is 2.59. The van der Waals surface area contributed by atoms with E-state index in [1.807, 2.05) is 0 Å². The minimum Gasteiger partial charge on any atom is -0.377 e. The molecule has 0 radical (unpaired) electrons. The summed E-state index contributed by atoms with van der Waals surface area (Å²) in [6, 6.07) is 0.383. The zero-order chi connectivity index (χ0) is 13.5. The van der Waals surface area contributed by atoms with Gasteiger partial charge < -0.3 is 20.5 Å². The summed E-state index contributed by atoms with van der Waals surface area (Å²) >= 11 is 0. The largest absolute Gasteiger partial charge is 0.377 e. The van der Waals surface area contributed by atoms with E-state index in [9.17, 15) is 0 Å². The summed E-state index contributed by atoms with van der Waals surface area (Å²) in [7, 11) is 0. The van der Waals surface area contributed by atoms with Crippen molar-refractivity contribution in [2.45, 2.75) is 51.4 Å². The zero-order valence-electron chi connectivity index (χ0n) is 11.9. The van der Waals surface area contributed by atoms with Crippen LogP contribution in [0, 0.1) is 11.3 Å². The Bertz CT molecular complexity index is 364. The third kappa shape index (κ3) is 2.34. The van der Waals surface area contributed by atoms with E-state index in [1.54, 1.807) is 0 Å². The van der Waals surface area contributed by atoms with Crippen LogP contribution in [0.4, 0.5) is 0 Å². The van der Waals surface area contributed by atoms with Gasteiger partial charge in [0.2, 0.25) is 0 Å². The second kappa shape index (κ2) is 4.94. The molecule has 19 heavy (non-hydrogen) atoms. The predicted octanol–water partition coefficient (Wildman–Crippen LogP) is 0.883. The van der Waals surface area contributed by atoms with Crippen molar-refractivity contribution in [3.8, 4) is 0 Å². The van der Waals surface area contributed by atoms with Crippen molar-refractivity contribution in [1.29, 1.82) is 0 Å². The number of rotatable bonds is 3. The lowest BCUT2D eigenvalue weighted by atomic mass is 9.57. The normalized spacial score (nSPS) is 40.8. The highest BCUT2D eigenvalue weighted by atomic mass is 16.5. The van der Waals surface area contributed by atoms with Gasteiger partial charge in [-0.25, -0.2) is 0 Å². The lowest BCUT2D eigenvalue weighted by Crippen LogP contribution is -2.67. The molecule has 0 aromatic heterocycles. The van der Waals surface area contributed by atoms with Crippen molar-refractivity contribution < 1.29 is 9.47 Å². The van der Waals surface area contributed by atoms with Crippen LogP contribution in [0.3, 0.4) is 0 Å². The fraction of sp³-hybridized carbons (Fsp3) is 0.929. The van der Waals surface area contributed by atoms with Crippen molar-refractivity contribution >= 4 is 5.96 Å². The van der Waals surface area contributed by atoms with E-state index in [1.165, 1.54) is 0 Å². The van der Waals surface area contributed by atoms with Crippen LogP contribution < -0.4 is 11.1 Å². The molecule has 2 aliphatic heterocycles. The van der Waals surface area contributed by atoms with Crippen LogP contribution in [0.1, 0.15) is 33.1 Å². The summed E-state index contributed by atoms with van der Waals surface area (Å²) in [6.07, 6.45) is 4.02. The van der Waals surface area contributed by atoms with Gasteiger partial charge in [-0.2, -0.15) is 0 Å². The molecule has 2 saturated heterocycles. The topological polar surface area (TPSA) is 68.9 Å². The average molecular weight is 267 g/mol. The lowest BCUT2D eigenvalue weighted by Gasteiger charge is -2.54. The number of fused-ring (bicyclic) bond motifs is 1. The summed E-state index contributed by atoms with van der Waals surface area (Å²) in [5.41, 5.74) is 6.15. The molecule has 5 nitrogen and oxygen atoms in total. The van der Waals surface area contributed by atoms with E-state index >= 15 is 0 Å². The SMILES string of the molecule is CC1(C)C(NC(N)=NCC2CCCO2)C2CCOC21. The fourth-order valence-corrected chi connectivity index (χ4v) is 3.81. The van der Waals surface area contributed by atoms with E-state index in [0.29, 0.717) is 30.6 Å². The smallest absolute Gasteiger partial charge is 0.188 e. The summed E-state index contributed by atoms with van der Waals surface area (Å²) < 4.78 is 11.3. The van der Waals surface area contributed by atoms with Crippen LogP contribution >= 0.6 is 0 Å². The number of hydrogen-bond donors (Lipinski definition) is 2. The van der Waals surface area contributed by atoms with Crippen LogP contribution in [0.25, 0.3) is 0 Å². The van der Waals surface area contributed by atoms with Crippen LogP contribution in [-0.2, 0) is 9.47 Å². The van der Waals surface area contributed by atoms with Gasteiger partial charge in [0, 0.05) is 30.6 Å². The third-order valence-electron chi connectivity index (χ3n) is 4.89. The van der Waals surface area contributed by atoms with Crippen LogP contribution in [0.15, 0.2) is 4.99 Å². The molecule has 0 aromatic carbocycles. The molecule has 1 saturated carbocycles. The van der Waals surface area contributed by atoms with Gasteiger partial charge in [0.1, 0.15) is 0 Å². The van der Waals surface area contributed by atoms with Gasteiger partial charge in [0.05, 0.1) is 18.8 Å². The predicted molar refractivity (Wildman–Crippen MR) is 74.0 cm³/mol. The number of nitrogens with one attached hydrogen (secondary N) is 1. The number of hydrogen-bond acceptors (Lipinski definition) is 3. The Morgan fingerprint density at radius 1 is 1.32 bits per heavy atom. The first-order valence-corrected chi connectivity index (χ1v) is 7.38. The van der Waals surface area contributed by atoms with Crippen molar-refractivity contribution in [3.05, 3.63) is 0 Å². The fourth-order valence-electron chi connectivity index (χ4n) is 3.81. The van der Waals surface area contributed by atoms with Gasteiger partial charge in [-0.1, -0.05) is 13.8 Å². The van der Waals surface area contributed by atoms with Crippen LogP contribution in [-0.4, -0.2) is 44.0 Å². The molecule has 0 spiro atoms. The summed E-state index contributed by atoms with van der Waals surface area (Å²) in [6.45, 7) is 6.90. The van der Waals surface area contributed by atoms with E-state index in [0.717, 1.165) is 32.5 Å². The lowest BCUT2D eigenvalue weighted by molar-refractivity contribution is -0.106. The molecule has 0 amide bonds. The Kier molecular flexibility index (Phi) is 3.43. The Hall–Kier alpha value is -0.810. The second-order valence-electron chi connectivity index (χ2n) is 6.55. The minimum atomic E-state index is 0.144. The third-order valence-corrected chi connectivity index (χ3v) is 4.89. The molecule has 4 unspecified atom stereocenters. The van der Waals surface area contributed by atoms with E-state index in [4.69, 9.17) is 15.2 Å². The number of nitrogens with two attached hydrogens (primary N) is 1. The summed E-state index contributed by atoms with van der Waals surface area (Å²) in [5, 5.41) is 3.39. The molecular weight excluding hydrogens is 242 g/mol. The molecular formula is C14H25N3O2. The van der Waals surface area contributed by atoms with Crippen molar-refractivity contribution in [1.82, 2.24) is 5.32 Å².